The Morgan fingerprint density at radius 3 is 2.33 bits per heavy atom. The summed E-state index contributed by atoms with van der Waals surface area (Å²) >= 11 is 7.64. The van der Waals surface area contributed by atoms with Crippen molar-refractivity contribution in [2.45, 2.75) is 57.5 Å². The molecule has 7 heteroatoms. The van der Waals surface area contributed by atoms with E-state index >= 15 is 0 Å². The van der Waals surface area contributed by atoms with Gasteiger partial charge in [-0.15, -0.1) is 11.8 Å². The van der Waals surface area contributed by atoms with Gasteiger partial charge in [-0.2, -0.15) is 0 Å². The first kappa shape index (κ1) is 27.1. The molecular formula is C26H35ClN2O3S. The second-order valence-electron chi connectivity index (χ2n) is 8.34. The Morgan fingerprint density at radius 1 is 1.09 bits per heavy atom. The average Bonchev–Trinajstić information content (AvgIpc) is 2.81. The van der Waals surface area contributed by atoms with Gasteiger partial charge in [0.15, 0.2) is 0 Å². The van der Waals surface area contributed by atoms with E-state index in [1.165, 1.54) is 0 Å². The van der Waals surface area contributed by atoms with E-state index in [-0.39, 0.29) is 11.8 Å². The fourth-order valence-corrected chi connectivity index (χ4v) is 4.34. The van der Waals surface area contributed by atoms with Gasteiger partial charge in [-0.1, -0.05) is 44.5 Å². The van der Waals surface area contributed by atoms with E-state index in [1.54, 1.807) is 23.8 Å². The number of ether oxygens (including phenoxy) is 1. The van der Waals surface area contributed by atoms with Crippen LogP contribution < -0.4 is 10.1 Å². The highest BCUT2D eigenvalue weighted by Crippen LogP contribution is 2.22. The summed E-state index contributed by atoms with van der Waals surface area (Å²) in [5.41, 5.74) is 0.967. The van der Waals surface area contributed by atoms with Crippen LogP contribution in [0.5, 0.6) is 5.75 Å². The molecule has 0 aliphatic heterocycles. The maximum atomic E-state index is 13.3. The summed E-state index contributed by atoms with van der Waals surface area (Å²) in [6.45, 7) is 7.04. The van der Waals surface area contributed by atoms with Crippen molar-refractivity contribution < 1.29 is 14.3 Å². The summed E-state index contributed by atoms with van der Waals surface area (Å²) in [6.07, 6.45) is 1.69. The van der Waals surface area contributed by atoms with Crippen molar-refractivity contribution in [3.8, 4) is 5.75 Å². The zero-order chi connectivity index (χ0) is 24.2. The number of methoxy groups -OCH3 is 1. The zero-order valence-electron chi connectivity index (χ0n) is 20.0. The first-order valence-electron chi connectivity index (χ1n) is 11.4. The predicted molar refractivity (Wildman–Crippen MR) is 137 cm³/mol. The number of nitrogens with zero attached hydrogens (tertiary/aromatic N) is 1. The van der Waals surface area contributed by atoms with Gasteiger partial charge in [0.25, 0.3) is 0 Å². The molecule has 33 heavy (non-hydrogen) atoms. The Labute approximate surface area is 207 Å². The number of carbonyl (C=O) groups is 2. The molecule has 1 N–H and O–H groups in total. The van der Waals surface area contributed by atoms with Gasteiger partial charge in [0, 0.05) is 29.4 Å². The molecule has 0 aliphatic rings. The topological polar surface area (TPSA) is 58.6 Å². The average molecular weight is 491 g/mol. The van der Waals surface area contributed by atoms with Crippen LogP contribution in [0.25, 0.3) is 0 Å². The number of benzene rings is 2. The fourth-order valence-electron chi connectivity index (χ4n) is 3.36. The van der Waals surface area contributed by atoms with Gasteiger partial charge < -0.3 is 15.0 Å². The third kappa shape index (κ3) is 9.30. The van der Waals surface area contributed by atoms with Crippen molar-refractivity contribution in [1.29, 1.82) is 0 Å². The standard InChI is InChI=1S/C26H35ClN2O3S/c1-5-24(26(31)28-17-19(2)3)29(18-20-8-12-22(32-4)13-9-20)25(30)7-6-16-33-23-14-10-21(27)11-15-23/h8-15,19,24H,5-7,16-18H2,1-4H3,(H,28,31)/t24-/m0/s1. The van der Waals surface area contributed by atoms with E-state index in [9.17, 15) is 9.59 Å². The van der Waals surface area contributed by atoms with Gasteiger partial charge in [0.2, 0.25) is 11.8 Å². The van der Waals surface area contributed by atoms with Gasteiger partial charge >= 0.3 is 0 Å². The third-order valence-electron chi connectivity index (χ3n) is 5.20. The molecule has 0 saturated carbocycles. The largest absolute Gasteiger partial charge is 0.497 e. The van der Waals surface area contributed by atoms with E-state index in [4.69, 9.17) is 16.3 Å². The fraction of sp³-hybridized carbons (Fsp3) is 0.462. The number of nitrogens with one attached hydrogen (secondary N) is 1. The van der Waals surface area contributed by atoms with Crippen molar-refractivity contribution in [3.63, 3.8) is 0 Å². The van der Waals surface area contributed by atoms with Crippen molar-refractivity contribution in [2.24, 2.45) is 5.92 Å². The van der Waals surface area contributed by atoms with Crippen molar-refractivity contribution in [2.75, 3.05) is 19.4 Å². The quantitative estimate of drug-likeness (QED) is 0.285. The second kappa shape index (κ2) is 14.2. The number of hydrogen-bond acceptors (Lipinski definition) is 4. The number of rotatable bonds is 13. The molecule has 0 heterocycles. The van der Waals surface area contributed by atoms with Gasteiger partial charge in [0.1, 0.15) is 11.8 Å². The molecule has 0 aromatic heterocycles. The summed E-state index contributed by atoms with van der Waals surface area (Å²) in [7, 11) is 1.62. The number of thioether (sulfide) groups is 1. The van der Waals surface area contributed by atoms with Crippen LogP contribution >= 0.6 is 23.4 Å². The van der Waals surface area contributed by atoms with Gasteiger partial charge in [-0.25, -0.2) is 0 Å². The minimum Gasteiger partial charge on any atom is -0.497 e. The molecule has 0 aliphatic carbocycles. The van der Waals surface area contributed by atoms with Gasteiger partial charge in [-0.3, -0.25) is 9.59 Å². The van der Waals surface area contributed by atoms with Gasteiger partial charge in [-0.05, 0) is 66.5 Å². The summed E-state index contributed by atoms with van der Waals surface area (Å²) < 4.78 is 5.24. The highest BCUT2D eigenvalue weighted by atomic mass is 35.5. The molecule has 2 amide bonds. The molecule has 2 aromatic carbocycles. The lowest BCUT2D eigenvalue weighted by molar-refractivity contribution is -0.141. The first-order chi connectivity index (χ1) is 15.8. The predicted octanol–water partition coefficient (Wildman–Crippen LogP) is 5.80. The molecule has 0 radical (unpaired) electrons. The Bertz CT molecular complexity index is 872. The maximum Gasteiger partial charge on any atom is 0.242 e. The highest BCUT2D eigenvalue weighted by Gasteiger charge is 2.28. The van der Waals surface area contributed by atoms with Crippen LogP contribution in [-0.4, -0.2) is 42.2 Å². The Balaban J connectivity index is 2.05. The van der Waals surface area contributed by atoms with Gasteiger partial charge in [0.05, 0.1) is 7.11 Å². The van der Waals surface area contributed by atoms with Crippen LogP contribution in [0.15, 0.2) is 53.4 Å². The molecule has 0 bridgehead atoms. The molecule has 0 saturated heterocycles. The molecule has 0 spiro atoms. The summed E-state index contributed by atoms with van der Waals surface area (Å²) in [4.78, 5) is 29.0. The van der Waals surface area contributed by atoms with E-state index < -0.39 is 6.04 Å². The molecule has 0 unspecified atom stereocenters. The van der Waals surface area contributed by atoms with Crippen LogP contribution in [-0.2, 0) is 16.1 Å². The molecule has 180 valence electrons. The van der Waals surface area contributed by atoms with Crippen LogP contribution in [0, 0.1) is 5.92 Å². The normalized spacial score (nSPS) is 11.8. The summed E-state index contributed by atoms with van der Waals surface area (Å²) in [6, 6.07) is 14.8. The lowest BCUT2D eigenvalue weighted by Gasteiger charge is -2.31. The lowest BCUT2D eigenvalue weighted by Crippen LogP contribution is -2.49. The Hall–Kier alpha value is -2.18. The second-order valence-corrected chi connectivity index (χ2v) is 9.94. The van der Waals surface area contributed by atoms with E-state index in [2.05, 4.69) is 19.2 Å². The monoisotopic (exact) mass is 490 g/mol. The Kier molecular flexibility index (Phi) is 11.6. The first-order valence-corrected chi connectivity index (χ1v) is 12.8. The van der Waals surface area contributed by atoms with E-state index in [1.807, 2.05) is 55.5 Å². The van der Waals surface area contributed by atoms with E-state index in [0.717, 1.165) is 28.4 Å². The highest BCUT2D eigenvalue weighted by molar-refractivity contribution is 7.99. The number of carbonyl (C=O) groups excluding carboxylic acids is 2. The molecule has 0 fully saturated rings. The zero-order valence-corrected chi connectivity index (χ0v) is 21.5. The van der Waals surface area contributed by atoms with Crippen molar-refractivity contribution in [3.05, 3.63) is 59.1 Å². The van der Waals surface area contributed by atoms with Crippen LogP contribution in [0.4, 0.5) is 0 Å². The minimum absolute atomic E-state index is 0.00549. The minimum atomic E-state index is -0.498. The maximum absolute atomic E-state index is 13.3. The molecule has 2 aromatic rings. The smallest absolute Gasteiger partial charge is 0.242 e. The van der Waals surface area contributed by atoms with Crippen molar-refractivity contribution in [1.82, 2.24) is 10.2 Å². The number of hydrogen-bond donors (Lipinski definition) is 1. The number of amides is 2. The van der Waals surface area contributed by atoms with Crippen LogP contribution in [0.2, 0.25) is 5.02 Å². The van der Waals surface area contributed by atoms with Crippen LogP contribution in [0.1, 0.15) is 45.6 Å². The number of halogens is 1. The SMILES string of the molecule is CC[C@@H](C(=O)NCC(C)C)N(Cc1ccc(OC)cc1)C(=O)CCCSc1ccc(Cl)cc1. The molecule has 1 atom stereocenters. The molecular weight excluding hydrogens is 456 g/mol. The molecule has 2 rings (SSSR count). The summed E-state index contributed by atoms with van der Waals surface area (Å²) in [5.74, 6) is 1.83. The Morgan fingerprint density at radius 2 is 1.76 bits per heavy atom. The third-order valence-corrected chi connectivity index (χ3v) is 6.55. The molecule has 5 nitrogen and oxygen atoms in total. The lowest BCUT2D eigenvalue weighted by atomic mass is 10.1. The summed E-state index contributed by atoms with van der Waals surface area (Å²) in [5, 5.41) is 3.71. The van der Waals surface area contributed by atoms with Crippen molar-refractivity contribution >= 4 is 35.2 Å². The van der Waals surface area contributed by atoms with Crippen LogP contribution in [0.3, 0.4) is 0 Å². The van der Waals surface area contributed by atoms with E-state index in [0.29, 0.717) is 36.9 Å².